The zero-order valence-electron chi connectivity index (χ0n) is 13.2. The van der Waals surface area contributed by atoms with Gasteiger partial charge in [0, 0.05) is 51.5 Å². The van der Waals surface area contributed by atoms with Gasteiger partial charge in [0.1, 0.15) is 0 Å². The summed E-state index contributed by atoms with van der Waals surface area (Å²) in [5, 5.41) is 2.99. The van der Waals surface area contributed by atoms with Gasteiger partial charge < -0.3 is 14.6 Å². The lowest BCUT2D eigenvalue weighted by Gasteiger charge is -2.34. The molecule has 1 amide bonds. The molecule has 122 valence electrons. The zero-order chi connectivity index (χ0) is 16.1. The molecule has 7 heteroatoms. The first-order chi connectivity index (χ1) is 11.3. The minimum absolute atomic E-state index is 0.0804. The van der Waals surface area contributed by atoms with Gasteiger partial charge in [-0.15, -0.1) is 0 Å². The van der Waals surface area contributed by atoms with E-state index in [1.807, 2.05) is 25.4 Å². The molecule has 0 aliphatic carbocycles. The Morgan fingerprint density at radius 3 is 2.87 bits per heavy atom. The van der Waals surface area contributed by atoms with Crippen molar-refractivity contribution in [2.45, 2.75) is 6.04 Å². The Labute approximate surface area is 135 Å². The Kier molecular flexibility index (Phi) is 4.99. The number of nitrogens with zero attached hydrogens (tertiary/aromatic N) is 4. The topological polar surface area (TPSA) is 72.3 Å². The highest BCUT2D eigenvalue weighted by Crippen LogP contribution is 2.20. The first-order valence-corrected chi connectivity index (χ1v) is 7.73. The van der Waals surface area contributed by atoms with Crippen molar-refractivity contribution in [2.24, 2.45) is 7.05 Å². The van der Waals surface area contributed by atoms with Crippen molar-refractivity contribution in [3.63, 3.8) is 0 Å². The lowest BCUT2D eigenvalue weighted by molar-refractivity contribution is 0.0161. The van der Waals surface area contributed by atoms with Crippen molar-refractivity contribution in [3.05, 3.63) is 48.3 Å². The Bertz CT molecular complexity index is 637. The van der Waals surface area contributed by atoms with Gasteiger partial charge in [-0.2, -0.15) is 0 Å². The number of nitrogens with one attached hydrogen (secondary N) is 1. The number of hydrogen-bond acceptors (Lipinski definition) is 5. The van der Waals surface area contributed by atoms with Gasteiger partial charge in [-0.1, -0.05) is 6.07 Å². The van der Waals surface area contributed by atoms with Crippen LogP contribution in [0.5, 0.6) is 0 Å². The van der Waals surface area contributed by atoms with Crippen LogP contribution in [0.2, 0.25) is 0 Å². The molecule has 2 aromatic heterocycles. The molecule has 3 heterocycles. The van der Waals surface area contributed by atoms with Crippen molar-refractivity contribution >= 4 is 5.91 Å². The van der Waals surface area contributed by atoms with Crippen molar-refractivity contribution in [2.75, 3.05) is 32.8 Å². The molecule has 1 saturated heterocycles. The van der Waals surface area contributed by atoms with Gasteiger partial charge in [0.15, 0.2) is 5.82 Å². The Hall–Kier alpha value is -2.25. The number of aromatic nitrogens is 3. The summed E-state index contributed by atoms with van der Waals surface area (Å²) in [5.74, 6) is 0.247. The molecule has 7 nitrogen and oxygen atoms in total. The highest BCUT2D eigenvalue weighted by atomic mass is 16.5. The third-order valence-electron chi connectivity index (χ3n) is 4.04. The summed E-state index contributed by atoms with van der Waals surface area (Å²) in [4.78, 5) is 22.9. The maximum Gasteiger partial charge on any atom is 0.287 e. The summed E-state index contributed by atoms with van der Waals surface area (Å²) in [6.45, 7) is 3.63. The SMILES string of the molecule is Cn1ccnc1C(=O)NCC(c1cccnc1)N1CCOCC1. The van der Waals surface area contributed by atoms with Crippen LogP contribution in [0, 0.1) is 0 Å². The number of pyridine rings is 1. The fourth-order valence-electron chi connectivity index (χ4n) is 2.77. The molecular weight excluding hydrogens is 294 g/mol. The van der Waals surface area contributed by atoms with Crippen molar-refractivity contribution in [1.29, 1.82) is 0 Å². The number of carbonyl (C=O) groups excluding carboxylic acids is 1. The molecular formula is C16H21N5O2. The Balaban J connectivity index is 1.71. The van der Waals surface area contributed by atoms with E-state index in [2.05, 4.69) is 20.2 Å². The molecule has 1 aliphatic rings. The third-order valence-corrected chi connectivity index (χ3v) is 4.04. The molecule has 0 bridgehead atoms. The van der Waals surface area contributed by atoms with Crippen LogP contribution in [0.15, 0.2) is 36.9 Å². The van der Waals surface area contributed by atoms with Crippen LogP contribution in [0.1, 0.15) is 22.2 Å². The molecule has 0 saturated carbocycles. The summed E-state index contributed by atoms with van der Waals surface area (Å²) >= 11 is 0. The van der Waals surface area contributed by atoms with Gasteiger partial charge in [-0.3, -0.25) is 14.7 Å². The van der Waals surface area contributed by atoms with Crippen LogP contribution in [-0.2, 0) is 11.8 Å². The van der Waals surface area contributed by atoms with Crippen LogP contribution in [0.3, 0.4) is 0 Å². The second-order valence-electron chi connectivity index (χ2n) is 5.52. The zero-order valence-corrected chi connectivity index (χ0v) is 13.2. The van der Waals surface area contributed by atoms with Crippen LogP contribution < -0.4 is 5.32 Å². The van der Waals surface area contributed by atoms with Gasteiger partial charge in [0.2, 0.25) is 0 Å². The second-order valence-corrected chi connectivity index (χ2v) is 5.52. The summed E-state index contributed by atoms with van der Waals surface area (Å²) in [7, 11) is 1.81. The lowest BCUT2D eigenvalue weighted by atomic mass is 10.1. The maximum atomic E-state index is 12.3. The highest BCUT2D eigenvalue weighted by Gasteiger charge is 2.24. The number of ether oxygens (including phenoxy) is 1. The minimum Gasteiger partial charge on any atom is -0.379 e. The standard InChI is InChI=1S/C16H21N5O2/c1-20-6-5-18-15(20)16(22)19-12-14(13-3-2-4-17-11-13)21-7-9-23-10-8-21/h2-6,11,14H,7-10,12H2,1H3,(H,19,22). The lowest BCUT2D eigenvalue weighted by Crippen LogP contribution is -2.44. The normalized spacial score (nSPS) is 16.9. The van der Waals surface area contributed by atoms with E-state index in [0.29, 0.717) is 25.6 Å². The maximum absolute atomic E-state index is 12.3. The largest absolute Gasteiger partial charge is 0.379 e. The molecule has 3 rings (SSSR count). The van der Waals surface area contributed by atoms with Crippen molar-refractivity contribution < 1.29 is 9.53 Å². The highest BCUT2D eigenvalue weighted by molar-refractivity contribution is 5.90. The Morgan fingerprint density at radius 2 is 2.22 bits per heavy atom. The van der Waals surface area contributed by atoms with E-state index in [-0.39, 0.29) is 11.9 Å². The van der Waals surface area contributed by atoms with E-state index in [1.54, 1.807) is 23.2 Å². The smallest absolute Gasteiger partial charge is 0.287 e. The number of amides is 1. The monoisotopic (exact) mass is 315 g/mol. The molecule has 1 aliphatic heterocycles. The number of hydrogen-bond donors (Lipinski definition) is 1. The van der Waals surface area contributed by atoms with Gasteiger partial charge >= 0.3 is 0 Å². The summed E-state index contributed by atoms with van der Waals surface area (Å²) in [6.07, 6.45) is 6.99. The molecule has 1 N–H and O–H groups in total. The van der Waals surface area contributed by atoms with E-state index < -0.39 is 0 Å². The fraction of sp³-hybridized carbons (Fsp3) is 0.438. The average Bonchev–Trinajstić information content (AvgIpc) is 3.03. The van der Waals surface area contributed by atoms with Crippen LogP contribution in [0.25, 0.3) is 0 Å². The second kappa shape index (κ2) is 7.34. The molecule has 23 heavy (non-hydrogen) atoms. The van der Waals surface area contributed by atoms with E-state index in [0.717, 1.165) is 18.7 Å². The van der Waals surface area contributed by atoms with E-state index in [4.69, 9.17) is 4.74 Å². The summed E-state index contributed by atoms with van der Waals surface area (Å²) < 4.78 is 7.14. The first-order valence-electron chi connectivity index (χ1n) is 7.73. The van der Waals surface area contributed by atoms with Crippen molar-refractivity contribution in [1.82, 2.24) is 24.8 Å². The first kappa shape index (κ1) is 15.6. The molecule has 0 aromatic carbocycles. The minimum atomic E-state index is -0.167. The van der Waals surface area contributed by atoms with Gasteiger partial charge in [-0.25, -0.2) is 4.98 Å². The molecule has 1 atom stereocenters. The van der Waals surface area contributed by atoms with E-state index >= 15 is 0 Å². The van der Waals surface area contributed by atoms with Crippen LogP contribution >= 0.6 is 0 Å². The summed E-state index contributed by atoms with van der Waals surface area (Å²) in [6, 6.07) is 4.04. The molecule has 1 unspecified atom stereocenters. The predicted octanol–water partition coefficient (Wildman–Crippen LogP) is 0.618. The Morgan fingerprint density at radius 1 is 1.39 bits per heavy atom. The number of carbonyl (C=O) groups is 1. The van der Waals surface area contributed by atoms with Gasteiger partial charge in [0.25, 0.3) is 5.91 Å². The van der Waals surface area contributed by atoms with Crippen LogP contribution in [-0.4, -0.2) is 58.2 Å². The van der Waals surface area contributed by atoms with Gasteiger partial charge in [0.05, 0.1) is 19.3 Å². The number of rotatable bonds is 5. The number of imidazole rings is 1. The number of morpholine rings is 1. The fourth-order valence-corrected chi connectivity index (χ4v) is 2.77. The molecule has 1 fully saturated rings. The van der Waals surface area contributed by atoms with Crippen LogP contribution in [0.4, 0.5) is 0 Å². The van der Waals surface area contributed by atoms with E-state index in [9.17, 15) is 4.79 Å². The quantitative estimate of drug-likeness (QED) is 0.876. The molecule has 2 aromatic rings. The number of aryl methyl sites for hydroxylation is 1. The molecule has 0 spiro atoms. The molecule has 0 radical (unpaired) electrons. The predicted molar refractivity (Wildman–Crippen MR) is 84.9 cm³/mol. The van der Waals surface area contributed by atoms with Crippen molar-refractivity contribution in [3.8, 4) is 0 Å². The van der Waals surface area contributed by atoms with E-state index in [1.165, 1.54) is 0 Å². The average molecular weight is 315 g/mol. The van der Waals surface area contributed by atoms with Gasteiger partial charge in [-0.05, 0) is 11.6 Å². The third kappa shape index (κ3) is 3.75. The summed E-state index contributed by atoms with van der Waals surface area (Å²) in [5.41, 5.74) is 1.09.